The molecule has 1 aromatic carbocycles. The van der Waals surface area contributed by atoms with Gasteiger partial charge in [0.15, 0.2) is 0 Å². The zero-order chi connectivity index (χ0) is 13.1. The van der Waals surface area contributed by atoms with Crippen molar-refractivity contribution in [3.63, 3.8) is 0 Å². The highest BCUT2D eigenvalue weighted by atomic mass is 79.9. The first-order chi connectivity index (χ1) is 8.63. The average Bonchev–Trinajstić information content (AvgIpc) is 2.34. The molecule has 0 heterocycles. The van der Waals surface area contributed by atoms with Crippen LogP contribution < -0.4 is 5.32 Å². The van der Waals surface area contributed by atoms with E-state index in [4.69, 9.17) is 0 Å². The van der Waals surface area contributed by atoms with E-state index in [1.807, 2.05) is 0 Å². The molecule has 0 bridgehead atoms. The van der Waals surface area contributed by atoms with Crippen molar-refractivity contribution in [2.45, 2.75) is 38.1 Å². The standard InChI is InChI=1S/C14H18BrF2N/c1-18-14(9-5-3-2-4-6-9)13-11(16)7-10(15)8-12(13)17/h7-9,14,18H,2-6H2,1H3. The van der Waals surface area contributed by atoms with Crippen molar-refractivity contribution in [3.8, 4) is 0 Å². The van der Waals surface area contributed by atoms with Gasteiger partial charge in [0.2, 0.25) is 0 Å². The van der Waals surface area contributed by atoms with Crippen LogP contribution >= 0.6 is 15.9 Å². The second-order valence-corrected chi connectivity index (χ2v) is 5.86. The van der Waals surface area contributed by atoms with E-state index < -0.39 is 11.6 Å². The predicted octanol–water partition coefficient (Wildman–Crippen LogP) is 4.57. The van der Waals surface area contributed by atoms with Crippen LogP contribution in [-0.4, -0.2) is 7.05 Å². The molecular formula is C14H18BrF2N. The first-order valence-electron chi connectivity index (χ1n) is 6.45. The van der Waals surface area contributed by atoms with Crippen molar-refractivity contribution in [3.05, 3.63) is 33.8 Å². The lowest BCUT2D eigenvalue weighted by Gasteiger charge is -2.30. The Morgan fingerprint density at radius 1 is 1.17 bits per heavy atom. The van der Waals surface area contributed by atoms with E-state index in [1.54, 1.807) is 7.05 Å². The van der Waals surface area contributed by atoms with Gasteiger partial charge in [-0.15, -0.1) is 0 Å². The lowest BCUT2D eigenvalue weighted by molar-refractivity contribution is 0.271. The molecule has 1 aromatic rings. The van der Waals surface area contributed by atoms with E-state index in [1.165, 1.54) is 18.6 Å². The molecule has 0 aromatic heterocycles. The van der Waals surface area contributed by atoms with E-state index in [9.17, 15) is 8.78 Å². The lowest BCUT2D eigenvalue weighted by Crippen LogP contribution is -2.28. The second-order valence-electron chi connectivity index (χ2n) is 4.95. The van der Waals surface area contributed by atoms with Crippen LogP contribution in [0.3, 0.4) is 0 Å². The van der Waals surface area contributed by atoms with Gasteiger partial charge in [-0.3, -0.25) is 0 Å². The van der Waals surface area contributed by atoms with Crippen LogP contribution in [0, 0.1) is 17.6 Å². The molecular weight excluding hydrogens is 300 g/mol. The first-order valence-corrected chi connectivity index (χ1v) is 7.24. The molecule has 1 fully saturated rings. The third-order valence-corrected chi connectivity index (χ3v) is 4.24. The summed E-state index contributed by atoms with van der Waals surface area (Å²) < 4.78 is 28.4. The van der Waals surface area contributed by atoms with Gasteiger partial charge in [0, 0.05) is 16.1 Å². The molecule has 1 unspecified atom stereocenters. The minimum absolute atomic E-state index is 0.188. The molecule has 0 radical (unpaired) electrons. The van der Waals surface area contributed by atoms with Crippen LogP contribution in [0.4, 0.5) is 8.78 Å². The summed E-state index contributed by atoms with van der Waals surface area (Å²) in [6.07, 6.45) is 5.63. The second kappa shape index (κ2) is 6.11. The molecule has 0 amide bonds. The first kappa shape index (κ1) is 13.9. The molecule has 1 aliphatic carbocycles. The van der Waals surface area contributed by atoms with Gasteiger partial charge >= 0.3 is 0 Å². The van der Waals surface area contributed by atoms with E-state index in [2.05, 4.69) is 21.2 Å². The smallest absolute Gasteiger partial charge is 0.132 e. The Bertz CT molecular complexity index is 393. The Morgan fingerprint density at radius 2 is 1.72 bits per heavy atom. The SMILES string of the molecule is CNC(c1c(F)cc(Br)cc1F)C1CCCCC1. The molecule has 1 saturated carbocycles. The van der Waals surface area contributed by atoms with Crippen molar-refractivity contribution >= 4 is 15.9 Å². The number of benzene rings is 1. The van der Waals surface area contributed by atoms with Crippen molar-refractivity contribution in [1.82, 2.24) is 5.32 Å². The summed E-state index contributed by atoms with van der Waals surface area (Å²) in [4.78, 5) is 0. The maximum absolute atomic E-state index is 14.0. The number of nitrogens with one attached hydrogen (secondary N) is 1. The summed E-state index contributed by atoms with van der Waals surface area (Å²) in [6.45, 7) is 0. The maximum Gasteiger partial charge on any atom is 0.132 e. The highest BCUT2D eigenvalue weighted by Crippen LogP contribution is 2.36. The fraction of sp³-hybridized carbons (Fsp3) is 0.571. The fourth-order valence-electron chi connectivity index (χ4n) is 2.93. The molecule has 1 aliphatic rings. The number of rotatable bonds is 3. The summed E-state index contributed by atoms with van der Waals surface area (Å²) in [7, 11) is 1.78. The minimum atomic E-state index is -0.466. The lowest BCUT2D eigenvalue weighted by atomic mass is 9.81. The van der Waals surface area contributed by atoms with Crippen LogP contribution in [0.5, 0.6) is 0 Å². The van der Waals surface area contributed by atoms with Crippen molar-refractivity contribution in [2.24, 2.45) is 5.92 Å². The Morgan fingerprint density at radius 3 is 2.22 bits per heavy atom. The number of halogens is 3. The Hall–Kier alpha value is -0.480. The van der Waals surface area contributed by atoms with Gasteiger partial charge in [-0.1, -0.05) is 35.2 Å². The van der Waals surface area contributed by atoms with Crippen LogP contribution in [0.25, 0.3) is 0 Å². The molecule has 0 spiro atoms. The van der Waals surface area contributed by atoms with Crippen LogP contribution in [0.15, 0.2) is 16.6 Å². The van der Waals surface area contributed by atoms with Crippen LogP contribution in [-0.2, 0) is 0 Å². The molecule has 2 rings (SSSR count). The number of hydrogen-bond donors (Lipinski definition) is 1. The summed E-state index contributed by atoms with van der Waals surface area (Å²) in [6, 6.07) is 2.45. The Balaban J connectivity index is 2.32. The normalized spacial score (nSPS) is 18.9. The largest absolute Gasteiger partial charge is 0.313 e. The Labute approximate surface area is 115 Å². The summed E-state index contributed by atoms with van der Waals surface area (Å²) >= 11 is 3.11. The van der Waals surface area contributed by atoms with Crippen molar-refractivity contribution in [2.75, 3.05) is 7.05 Å². The van der Waals surface area contributed by atoms with E-state index in [0.717, 1.165) is 25.7 Å². The molecule has 1 nitrogen and oxygen atoms in total. The molecule has 100 valence electrons. The molecule has 0 saturated heterocycles. The third kappa shape index (κ3) is 2.91. The zero-order valence-corrected chi connectivity index (χ0v) is 12.1. The summed E-state index contributed by atoms with van der Waals surface area (Å²) in [5, 5.41) is 3.09. The zero-order valence-electron chi connectivity index (χ0n) is 10.5. The van der Waals surface area contributed by atoms with E-state index in [0.29, 0.717) is 10.4 Å². The van der Waals surface area contributed by atoms with Gasteiger partial charge in [0.1, 0.15) is 11.6 Å². The van der Waals surface area contributed by atoms with Gasteiger partial charge in [0.25, 0.3) is 0 Å². The molecule has 0 aliphatic heterocycles. The van der Waals surface area contributed by atoms with Crippen LogP contribution in [0.1, 0.15) is 43.7 Å². The van der Waals surface area contributed by atoms with Crippen LogP contribution in [0.2, 0.25) is 0 Å². The summed E-state index contributed by atoms with van der Waals surface area (Å²) in [5.74, 6) is -0.604. The molecule has 1 atom stereocenters. The monoisotopic (exact) mass is 317 g/mol. The van der Waals surface area contributed by atoms with Crippen molar-refractivity contribution < 1.29 is 8.78 Å². The topological polar surface area (TPSA) is 12.0 Å². The fourth-order valence-corrected chi connectivity index (χ4v) is 3.34. The van der Waals surface area contributed by atoms with Crippen molar-refractivity contribution in [1.29, 1.82) is 0 Å². The highest BCUT2D eigenvalue weighted by Gasteiger charge is 2.28. The quantitative estimate of drug-likeness (QED) is 0.861. The molecule has 18 heavy (non-hydrogen) atoms. The molecule has 1 N–H and O–H groups in total. The highest BCUT2D eigenvalue weighted by molar-refractivity contribution is 9.10. The maximum atomic E-state index is 14.0. The van der Waals surface area contributed by atoms with Gasteiger partial charge in [0.05, 0.1) is 0 Å². The third-order valence-electron chi connectivity index (χ3n) is 3.79. The Kier molecular flexibility index (Phi) is 4.73. The molecule has 4 heteroatoms. The van der Waals surface area contributed by atoms with Gasteiger partial charge in [-0.2, -0.15) is 0 Å². The van der Waals surface area contributed by atoms with E-state index in [-0.39, 0.29) is 11.6 Å². The summed E-state index contributed by atoms with van der Waals surface area (Å²) in [5.41, 5.74) is 0.188. The predicted molar refractivity (Wildman–Crippen MR) is 72.4 cm³/mol. The number of hydrogen-bond acceptors (Lipinski definition) is 1. The minimum Gasteiger partial charge on any atom is -0.313 e. The van der Waals surface area contributed by atoms with Gasteiger partial charge in [-0.05, 0) is 37.9 Å². The van der Waals surface area contributed by atoms with Gasteiger partial charge in [-0.25, -0.2) is 8.78 Å². The average molecular weight is 318 g/mol. The van der Waals surface area contributed by atoms with Gasteiger partial charge < -0.3 is 5.32 Å². The van der Waals surface area contributed by atoms with E-state index >= 15 is 0 Å².